The van der Waals surface area contributed by atoms with Crippen molar-refractivity contribution in [2.75, 3.05) is 32.6 Å². The van der Waals surface area contributed by atoms with Gasteiger partial charge in [-0.15, -0.1) is 0 Å². The maximum atomic E-state index is 13.4. The van der Waals surface area contributed by atoms with Gasteiger partial charge in [-0.2, -0.15) is 0 Å². The number of imidazole rings is 1. The van der Waals surface area contributed by atoms with E-state index in [9.17, 15) is 9.59 Å². The summed E-state index contributed by atoms with van der Waals surface area (Å²) in [5, 5.41) is 3.53. The van der Waals surface area contributed by atoms with Crippen molar-refractivity contribution in [1.82, 2.24) is 14.5 Å². The van der Waals surface area contributed by atoms with Crippen LogP contribution in [0.25, 0.3) is 16.9 Å². The Labute approximate surface area is 239 Å². The molecule has 0 aliphatic heterocycles. The summed E-state index contributed by atoms with van der Waals surface area (Å²) in [5.74, 6) is 1.03. The first-order valence-corrected chi connectivity index (χ1v) is 13.3. The van der Waals surface area contributed by atoms with Gasteiger partial charge >= 0.3 is 0 Å². The van der Waals surface area contributed by atoms with Crippen LogP contribution in [0.3, 0.4) is 0 Å². The van der Waals surface area contributed by atoms with Crippen LogP contribution in [-0.2, 0) is 4.79 Å². The van der Waals surface area contributed by atoms with E-state index in [1.54, 1.807) is 54.0 Å². The van der Waals surface area contributed by atoms with E-state index in [0.717, 1.165) is 11.1 Å². The smallest absolute Gasteiger partial charge is 0.254 e. The molecule has 1 aromatic heterocycles. The highest BCUT2D eigenvalue weighted by atomic mass is 35.5. The van der Waals surface area contributed by atoms with Crippen LogP contribution < -0.4 is 14.8 Å². The minimum atomic E-state index is -0.363. The highest BCUT2D eigenvalue weighted by molar-refractivity contribution is 6.30. The SMILES string of the molecule is COc1ccc(-n2cc(-c3ccc(Cl)cc3)nc2NC(=O)CN(CC(C)C)C(=O)c2ccccc2C)cc1OC. The zero-order valence-corrected chi connectivity index (χ0v) is 24.0. The van der Waals surface area contributed by atoms with Crippen molar-refractivity contribution in [2.45, 2.75) is 20.8 Å². The lowest BCUT2D eigenvalue weighted by Gasteiger charge is -2.25. The third kappa shape index (κ3) is 6.63. The quantitative estimate of drug-likeness (QED) is 0.247. The number of aryl methyl sites for hydroxylation is 1. The molecule has 1 N–H and O–H groups in total. The van der Waals surface area contributed by atoms with Crippen molar-refractivity contribution < 1.29 is 19.1 Å². The zero-order chi connectivity index (χ0) is 28.8. The standard InChI is InChI=1S/C31H33ClN4O4/c1-20(2)17-35(30(38)25-9-7-6-8-21(25)3)19-29(37)34-31-33-26(22-10-12-23(32)13-11-22)18-36(31)24-14-15-27(39-4)28(16-24)40-5/h6-16,18,20H,17,19H2,1-5H3,(H,33,34,37). The number of nitrogens with zero attached hydrogens (tertiary/aromatic N) is 3. The van der Waals surface area contributed by atoms with Crippen molar-refractivity contribution in [2.24, 2.45) is 5.92 Å². The fourth-order valence-electron chi connectivity index (χ4n) is 4.38. The van der Waals surface area contributed by atoms with Gasteiger partial charge in [-0.25, -0.2) is 4.98 Å². The van der Waals surface area contributed by atoms with Crippen LogP contribution in [0.4, 0.5) is 5.95 Å². The number of benzene rings is 3. The molecule has 0 bridgehead atoms. The molecule has 0 radical (unpaired) electrons. The Morgan fingerprint density at radius 3 is 2.35 bits per heavy atom. The molecular formula is C31H33ClN4O4. The number of halogens is 1. The molecule has 0 aliphatic carbocycles. The molecule has 2 amide bonds. The Kier molecular flexibility index (Phi) is 9.11. The van der Waals surface area contributed by atoms with Gasteiger partial charge in [0.05, 0.1) is 25.6 Å². The first-order valence-electron chi connectivity index (χ1n) is 12.9. The Morgan fingerprint density at radius 2 is 1.70 bits per heavy atom. The van der Waals surface area contributed by atoms with E-state index in [1.807, 2.05) is 63.4 Å². The van der Waals surface area contributed by atoms with Crippen molar-refractivity contribution in [3.63, 3.8) is 0 Å². The predicted octanol–water partition coefficient (Wildman–Crippen LogP) is 6.26. The molecule has 0 atom stereocenters. The molecule has 4 aromatic rings. The van der Waals surface area contributed by atoms with Gasteiger partial charge in [0.25, 0.3) is 5.91 Å². The summed E-state index contributed by atoms with van der Waals surface area (Å²) in [4.78, 5) is 33.1. The highest BCUT2D eigenvalue weighted by Crippen LogP contribution is 2.32. The third-order valence-corrected chi connectivity index (χ3v) is 6.58. The van der Waals surface area contributed by atoms with E-state index in [0.29, 0.717) is 46.0 Å². The number of nitrogens with one attached hydrogen (secondary N) is 1. The number of amides is 2. The van der Waals surface area contributed by atoms with E-state index in [1.165, 1.54) is 0 Å². The number of hydrogen-bond acceptors (Lipinski definition) is 5. The van der Waals surface area contributed by atoms with E-state index in [-0.39, 0.29) is 24.3 Å². The summed E-state index contributed by atoms with van der Waals surface area (Å²) in [6, 6.07) is 20.1. The molecule has 0 unspecified atom stereocenters. The average Bonchev–Trinajstić information content (AvgIpc) is 3.35. The summed E-state index contributed by atoms with van der Waals surface area (Å²) in [6.45, 7) is 6.22. The number of anilines is 1. The summed E-state index contributed by atoms with van der Waals surface area (Å²) >= 11 is 6.09. The third-order valence-electron chi connectivity index (χ3n) is 6.33. The van der Waals surface area contributed by atoms with Crippen LogP contribution in [0.1, 0.15) is 29.8 Å². The van der Waals surface area contributed by atoms with Gasteiger partial charge in [-0.05, 0) is 48.7 Å². The van der Waals surface area contributed by atoms with E-state index in [4.69, 9.17) is 26.1 Å². The van der Waals surface area contributed by atoms with E-state index < -0.39 is 0 Å². The molecule has 8 nitrogen and oxygen atoms in total. The van der Waals surface area contributed by atoms with Crippen molar-refractivity contribution >= 4 is 29.4 Å². The minimum Gasteiger partial charge on any atom is -0.493 e. The van der Waals surface area contributed by atoms with Crippen LogP contribution in [-0.4, -0.2) is 53.6 Å². The molecule has 0 aliphatic rings. The second kappa shape index (κ2) is 12.7. The maximum Gasteiger partial charge on any atom is 0.254 e. The summed E-state index contributed by atoms with van der Waals surface area (Å²) < 4.78 is 12.6. The van der Waals surface area contributed by atoms with E-state index >= 15 is 0 Å². The van der Waals surface area contributed by atoms with Gasteiger partial charge in [0, 0.05) is 35.0 Å². The van der Waals surface area contributed by atoms with E-state index in [2.05, 4.69) is 5.32 Å². The number of ether oxygens (including phenoxy) is 2. The molecule has 9 heteroatoms. The number of hydrogen-bond donors (Lipinski definition) is 1. The van der Waals surface area contributed by atoms with Crippen LogP contribution in [0.5, 0.6) is 11.5 Å². The molecular weight excluding hydrogens is 528 g/mol. The van der Waals surface area contributed by atoms with Gasteiger partial charge < -0.3 is 14.4 Å². The van der Waals surface area contributed by atoms with Crippen LogP contribution in [0.2, 0.25) is 5.02 Å². The summed E-state index contributed by atoms with van der Waals surface area (Å²) in [6.07, 6.45) is 1.82. The molecule has 0 fully saturated rings. The predicted molar refractivity (Wildman–Crippen MR) is 158 cm³/mol. The molecule has 1 heterocycles. The maximum absolute atomic E-state index is 13.4. The first kappa shape index (κ1) is 28.7. The number of carbonyl (C=O) groups is 2. The summed E-state index contributed by atoms with van der Waals surface area (Å²) in [5.41, 5.74) is 3.61. The molecule has 3 aromatic carbocycles. The lowest BCUT2D eigenvalue weighted by molar-refractivity contribution is -0.117. The normalized spacial score (nSPS) is 10.9. The summed E-state index contributed by atoms with van der Waals surface area (Å²) in [7, 11) is 3.13. The molecule has 40 heavy (non-hydrogen) atoms. The molecule has 0 spiro atoms. The molecule has 0 saturated heterocycles. The minimum absolute atomic E-state index is 0.125. The number of aromatic nitrogens is 2. The average molecular weight is 561 g/mol. The topological polar surface area (TPSA) is 85.7 Å². The van der Waals surface area contributed by atoms with Crippen molar-refractivity contribution in [1.29, 1.82) is 0 Å². The van der Waals surface area contributed by atoms with Crippen LogP contribution in [0.15, 0.2) is 72.9 Å². The monoisotopic (exact) mass is 560 g/mol. The Balaban J connectivity index is 1.67. The molecule has 0 saturated carbocycles. The van der Waals surface area contributed by atoms with Crippen LogP contribution in [0, 0.1) is 12.8 Å². The zero-order valence-electron chi connectivity index (χ0n) is 23.3. The largest absolute Gasteiger partial charge is 0.493 e. The first-order chi connectivity index (χ1) is 19.2. The molecule has 4 rings (SSSR count). The van der Waals surface area contributed by atoms with Crippen LogP contribution >= 0.6 is 11.6 Å². The lowest BCUT2D eigenvalue weighted by atomic mass is 10.1. The fraction of sp³-hybridized carbons (Fsp3) is 0.258. The van der Waals surface area contributed by atoms with Gasteiger partial charge in [-0.1, -0.05) is 55.8 Å². The van der Waals surface area contributed by atoms with Crippen molar-refractivity contribution in [3.8, 4) is 28.4 Å². The Morgan fingerprint density at radius 1 is 1.00 bits per heavy atom. The number of carbonyl (C=O) groups excluding carboxylic acids is 2. The Bertz CT molecular complexity index is 1500. The number of methoxy groups -OCH3 is 2. The van der Waals surface area contributed by atoms with Gasteiger partial charge in [0.2, 0.25) is 11.9 Å². The second-order valence-electron chi connectivity index (χ2n) is 9.81. The second-order valence-corrected chi connectivity index (χ2v) is 10.2. The fourth-order valence-corrected chi connectivity index (χ4v) is 4.51. The van der Waals surface area contributed by atoms with Crippen molar-refractivity contribution in [3.05, 3.63) is 89.1 Å². The number of rotatable bonds is 10. The Hall–Kier alpha value is -4.30. The molecule has 208 valence electrons. The van der Waals surface area contributed by atoms with Gasteiger partial charge in [-0.3, -0.25) is 19.5 Å². The van der Waals surface area contributed by atoms with Gasteiger partial charge in [0.1, 0.15) is 6.54 Å². The van der Waals surface area contributed by atoms with Gasteiger partial charge in [0.15, 0.2) is 11.5 Å². The highest BCUT2D eigenvalue weighted by Gasteiger charge is 2.23. The lowest BCUT2D eigenvalue weighted by Crippen LogP contribution is -2.40.